The summed E-state index contributed by atoms with van der Waals surface area (Å²) in [4.78, 5) is 6.10. The van der Waals surface area contributed by atoms with Crippen LogP contribution in [0.15, 0.2) is 30.5 Å². The molecule has 5 heteroatoms. The summed E-state index contributed by atoms with van der Waals surface area (Å²) in [6.45, 7) is 0.919. The molecule has 2 rings (SSSR count). The van der Waals surface area contributed by atoms with Gasteiger partial charge >= 0.3 is 0 Å². The molecular weight excluding hydrogens is 230 g/mol. The number of aromatic nitrogens is 1. The highest BCUT2D eigenvalue weighted by atomic mass is 16.3. The fourth-order valence-electron chi connectivity index (χ4n) is 2.03. The van der Waals surface area contributed by atoms with Crippen LogP contribution in [0.25, 0.3) is 10.9 Å². The molecule has 1 aromatic heterocycles. The summed E-state index contributed by atoms with van der Waals surface area (Å²) < 4.78 is 0. The molecule has 1 aromatic carbocycles. The van der Waals surface area contributed by atoms with Crippen molar-refractivity contribution in [2.24, 2.45) is 0 Å². The molecule has 0 fully saturated rings. The van der Waals surface area contributed by atoms with E-state index in [2.05, 4.69) is 4.98 Å². The largest absolute Gasteiger partial charge is 0.396 e. The van der Waals surface area contributed by atoms with Crippen LogP contribution < -0.4 is 10.6 Å². The van der Waals surface area contributed by atoms with Gasteiger partial charge in [-0.2, -0.15) is 0 Å². The maximum Gasteiger partial charge on any atom is 0.0724 e. The molecule has 0 aliphatic heterocycles. The van der Waals surface area contributed by atoms with Crippen molar-refractivity contribution in [3.8, 4) is 0 Å². The van der Waals surface area contributed by atoms with Crippen molar-refractivity contribution in [3.63, 3.8) is 0 Å². The van der Waals surface area contributed by atoms with Gasteiger partial charge in [0.1, 0.15) is 0 Å². The molecule has 96 valence electrons. The van der Waals surface area contributed by atoms with Crippen LogP contribution in [-0.2, 0) is 0 Å². The molecule has 18 heavy (non-hydrogen) atoms. The fourth-order valence-corrected chi connectivity index (χ4v) is 2.03. The first-order valence-corrected chi connectivity index (χ1v) is 5.88. The summed E-state index contributed by atoms with van der Waals surface area (Å²) >= 11 is 0. The summed E-state index contributed by atoms with van der Waals surface area (Å²) in [5.74, 6) is 0. The van der Waals surface area contributed by atoms with Gasteiger partial charge in [0.15, 0.2) is 0 Å². The highest BCUT2D eigenvalue weighted by Gasteiger charge is 2.11. The number of rotatable bonds is 5. The molecule has 4 N–H and O–H groups in total. The number of hydrogen-bond donors (Lipinski definition) is 3. The molecule has 0 unspecified atom stereocenters. The maximum absolute atomic E-state index is 9.05. The van der Waals surface area contributed by atoms with Gasteiger partial charge in [-0.15, -0.1) is 0 Å². The molecule has 5 nitrogen and oxygen atoms in total. The van der Waals surface area contributed by atoms with Crippen molar-refractivity contribution in [3.05, 3.63) is 30.5 Å². The van der Waals surface area contributed by atoms with Crippen LogP contribution in [0.4, 0.5) is 11.4 Å². The van der Waals surface area contributed by atoms with E-state index in [0.29, 0.717) is 18.8 Å². The molecule has 0 spiro atoms. The average molecular weight is 247 g/mol. The predicted octanol–water partition coefficient (Wildman–Crippen LogP) is 0.608. The van der Waals surface area contributed by atoms with Gasteiger partial charge in [0.2, 0.25) is 0 Å². The molecule has 0 saturated carbocycles. The lowest BCUT2D eigenvalue weighted by Crippen LogP contribution is -2.30. The second-order valence-corrected chi connectivity index (χ2v) is 4.00. The molecule has 0 aliphatic rings. The third-order valence-corrected chi connectivity index (χ3v) is 2.88. The Kier molecular flexibility index (Phi) is 3.96. The van der Waals surface area contributed by atoms with Crippen LogP contribution in [0.3, 0.4) is 0 Å². The number of anilines is 2. The van der Waals surface area contributed by atoms with Crippen LogP contribution in [0.2, 0.25) is 0 Å². The third kappa shape index (κ3) is 2.37. The van der Waals surface area contributed by atoms with Crippen LogP contribution in [0, 0.1) is 0 Å². The highest BCUT2D eigenvalue weighted by molar-refractivity contribution is 5.97. The minimum absolute atomic E-state index is 0.0184. The van der Waals surface area contributed by atoms with Gasteiger partial charge < -0.3 is 20.8 Å². The van der Waals surface area contributed by atoms with Crippen molar-refractivity contribution in [2.75, 3.05) is 36.9 Å². The molecule has 0 aliphatic carbocycles. The Balaban J connectivity index is 2.46. The first-order valence-electron chi connectivity index (χ1n) is 5.88. The standard InChI is InChI=1S/C13H17N3O2/c14-13-10-2-1-5-15-11(10)3-4-12(13)16(6-8-17)7-9-18/h1-5,17-18H,6-9,14H2. The van der Waals surface area contributed by atoms with Crippen LogP contribution in [0.1, 0.15) is 0 Å². The monoisotopic (exact) mass is 247 g/mol. The second kappa shape index (κ2) is 5.66. The molecule has 0 atom stereocenters. The van der Waals surface area contributed by atoms with E-state index < -0.39 is 0 Å². The summed E-state index contributed by atoms with van der Waals surface area (Å²) in [6.07, 6.45) is 1.72. The van der Waals surface area contributed by atoms with Gasteiger partial charge in [-0.25, -0.2) is 0 Å². The Hall–Kier alpha value is -1.85. The maximum atomic E-state index is 9.05. The lowest BCUT2D eigenvalue weighted by atomic mass is 10.1. The van der Waals surface area contributed by atoms with Crippen molar-refractivity contribution in [1.82, 2.24) is 4.98 Å². The number of aliphatic hydroxyl groups is 2. The van der Waals surface area contributed by atoms with E-state index in [9.17, 15) is 0 Å². The normalized spacial score (nSPS) is 10.8. The van der Waals surface area contributed by atoms with E-state index in [-0.39, 0.29) is 13.2 Å². The Bertz CT molecular complexity index is 525. The number of nitrogens with zero attached hydrogens (tertiary/aromatic N) is 2. The number of hydrogen-bond acceptors (Lipinski definition) is 5. The second-order valence-electron chi connectivity index (χ2n) is 4.00. The highest BCUT2D eigenvalue weighted by Crippen LogP contribution is 2.30. The topological polar surface area (TPSA) is 82.6 Å². The van der Waals surface area contributed by atoms with Gasteiger partial charge in [0.05, 0.1) is 30.1 Å². The van der Waals surface area contributed by atoms with Gasteiger partial charge in [-0.1, -0.05) is 0 Å². The van der Waals surface area contributed by atoms with Crippen molar-refractivity contribution in [2.45, 2.75) is 0 Å². The Labute approximate surface area is 105 Å². The van der Waals surface area contributed by atoms with Crippen LogP contribution in [-0.4, -0.2) is 41.5 Å². The van der Waals surface area contributed by atoms with E-state index in [4.69, 9.17) is 15.9 Å². The molecule has 0 saturated heterocycles. The third-order valence-electron chi connectivity index (χ3n) is 2.88. The van der Waals surface area contributed by atoms with Gasteiger partial charge in [0.25, 0.3) is 0 Å². The zero-order valence-electron chi connectivity index (χ0n) is 10.1. The lowest BCUT2D eigenvalue weighted by Gasteiger charge is -2.25. The number of fused-ring (bicyclic) bond motifs is 1. The summed E-state index contributed by atoms with van der Waals surface area (Å²) in [7, 11) is 0. The van der Waals surface area contributed by atoms with E-state index >= 15 is 0 Å². The van der Waals surface area contributed by atoms with E-state index in [0.717, 1.165) is 16.6 Å². The minimum Gasteiger partial charge on any atom is -0.396 e. The smallest absolute Gasteiger partial charge is 0.0724 e. The number of nitrogens with two attached hydrogens (primary N) is 1. The quantitative estimate of drug-likeness (QED) is 0.674. The zero-order valence-corrected chi connectivity index (χ0v) is 10.1. The van der Waals surface area contributed by atoms with Gasteiger partial charge in [-0.3, -0.25) is 4.98 Å². The molecular formula is C13H17N3O2. The first-order chi connectivity index (χ1) is 8.77. The number of aliphatic hydroxyl groups excluding tert-OH is 2. The number of nitrogen functional groups attached to an aromatic ring is 1. The number of pyridine rings is 1. The van der Waals surface area contributed by atoms with E-state index in [1.54, 1.807) is 6.20 Å². The molecule has 2 aromatic rings. The van der Waals surface area contributed by atoms with Gasteiger partial charge in [0, 0.05) is 24.7 Å². The van der Waals surface area contributed by atoms with E-state index in [1.165, 1.54) is 0 Å². The van der Waals surface area contributed by atoms with Crippen molar-refractivity contribution in [1.29, 1.82) is 0 Å². The SMILES string of the molecule is Nc1c(N(CCO)CCO)ccc2ncccc12. The Morgan fingerprint density at radius 1 is 1.11 bits per heavy atom. The minimum atomic E-state index is 0.0184. The lowest BCUT2D eigenvalue weighted by molar-refractivity contribution is 0.281. The Morgan fingerprint density at radius 3 is 2.50 bits per heavy atom. The van der Waals surface area contributed by atoms with Crippen molar-refractivity contribution >= 4 is 22.3 Å². The molecule has 0 amide bonds. The zero-order chi connectivity index (χ0) is 13.0. The van der Waals surface area contributed by atoms with Gasteiger partial charge in [-0.05, 0) is 24.3 Å². The number of benzene rings is 1. The summed E-state index contributed by atoms with van der Waals surface area (Å²) in [5.41, 5.74) is 8.42. The summed E-state index contributed by atoms with van der Waals surface area (Å²) in [6, 6.07) is 7.51. The van der Waals surface area contributed by atoms with Crippen LogP contribution >= 0.6 is 0 Å². The summed E-state index contributed by atoms with van der Waals surface area (Å²) in [5, 5.41) is 19.0. The molecule has 1 heterocycles. The predicted molar refractivity (Wildman–Crippen MR) is 72.5 cm³/mol. The van der Waals surface area contributed by atoms with E-state index in [1.807, 2.05) is 29.2 Å². The molecule has 0 radical (unpaired) electrons. The fraction of sp³-hybridized carbons (Fsp3) is 0.308. The Morgan fingerprint density at radius 2 is 1.83 bits per heavy atom. The van der Waals surface area contributed by atoms with Crippen LogP contribution in [0.5, 0.6) is 0 Å². The average Bonchev–Trinajstić information content (AvgIpc) is 2.39. The first kappa shape index (κ1) is 12.6. The molecule has 0 bridgehead atoms. The van der Waals surface area contributed by atoms with Crippen molar-refractivity contribution < 1.29 is 10.2 Å².